The van der Waals surface area contributed by atoms with E-state index in [0.29, 0.717) is 12.1 Å². The molecule has 0 aromatic carbocycles. The molecule has 2 aliphatic rings. The summed E-state index contributed by atoms with van der Waals surface area (Å²) in [6.45, 7) is 6.52. The number of likely N-dealkylation sites (N-methyl/N-ethyl adjacent to an activating group) is 1. The lowest BCUT2D eigenvalue weighted by atomic mass is 9.86. The maximum absolute atomic E-state index is 4.76. The molecule has 3 unspecified atom stereocenters. The third-order valence-electron chi connectivity index (χ3n) is 4.70. The Labute approximate surface area is 122 Å². The lowest BCUT2D eigenvalue weighted by molar-refractivity contribution is 0.259. The van der Waals surface area contributed by atoms with Gasteiger partial charge in [-0.2, -0.15) is 0 Å². The fourth-order valence-electron chi connectivity index (χ4n) is 2.92. The first-order chi connectivity index (χ1) is 9.20. The van der Waals surface area contributed by atoms with Crippen molar-refractivity contribution in [3.05, 3.63) is 0 Å². The van der Waals surface area contributed by atoms with Crippen LogP contribution >= 0.6 is 11.8 Å². The van der Waals surface area contributed by atoms with Crippen LogP contribution in [-0.2, 0) is 0 Å². The Hall–Kier alpha value is -0.220. The first-order valence-corrected chi connectivity index (χ1v) is 8.83. The third kappa shape index (κ3) is 4.38. The third-order valence-corrected chi connectivity index (χ3v) is 5.82. The molecule has 3 atom stereocenters. The molecular weight excluding hydrogens is 254 g/mol. The maximum atomic E-state index is 4.76. The van der Waals surface area contributed by atoms with Crippen molar-refractivity contribution >= 4 is 16.9 Å². The zero-order valence-corrected chi connectivity index (χ0v) is 13.5. The number of hydrogen-bond acceptors (Lipinski definition) is 3. The van der Waals surface area contributed by atoms with Crippen molar-refractivity contribution in [2.45, 2.75) is 58.0 Å². The molecule has 110 valence electrons. The van der Waals surface area contributed by atoms with Crippen molar-refractivity contribution in [1.82, 2.24) is 10.2 Å². The van der Waals surface area contributed by atoms with Gasteiger partial charge in [-0.1, -0.05) is 31.5 Å². The van der Waals surface area contributed by atoms with Gasteiger partial charge in [-0.15, -0.1) is 0 Å². The molecule has 0 aromatic rings. The summed E-state index contributed by atoms with van der Waals surface area (Å²) in [7, 11) is 2.20. The number of fused-ring (bicyclic) bond motifs is 1. The topological polar surface area (TPSA) is 27.6 Å². The average molecular weight is 283 g/mol. The zero-order valence-electron chi connectivity index (χ0n) is 12.7. The van der Waals surface area contributed by atoms with Crippen LogP contribution in [0.3, 0.4) is 0 Å². The predicted molar refractivity (Wildman–Crippen MR) is 86.0 cm³/mol. The molecule has 2 rings (SSSR count). The molecule has 1 aliphatic heterocycles. The molecule has 19 heavy (non-hydrogen) atoms. The first kappa shape index (κ1) is 15.2. The summed E-state index contributed by atoms with van der Waals surface area (Å²) in [6, 6.07) is 1.37. The van der Waals surface area contributed by atoms with Crippen LogP contribution < -0.4 is 5.32 Å². The van der Waals surface area contributed by atoms with Gasteiger partial charge in [0, 0.05) is 24.4 Å². The van der Waals surface area contributed by atoms with Gasteiger partial charge >= 0.3 is 0 Å². The minimum atomic E-state index is 0.662. The van der Waals surface area contributed by atoms with E-state index in [9.17, 15) is 0 Å². The van der Waals surface area contributed by atoms with Crippen molar-refractivity contribution in [3.8, 4) is 0 Å². The molecule has 0 amide bonds. The Morgan fingerprint density at radius 3 is 3.00 bits per heavy atom. The lowest BCUT2D eigenvalue weighted by Gasteiger charge is -2.37. The molecule has 0 aromatic heterocycles. The lowest BCUT2D eigenvalue weighted by Crippen LogP contribution is -2.46. The summed E-state index contributed by atoms with van der Waals surface area (Å²) in [6.07, 6.45) is 6.79. The minimum Gasteiger partial charge on any atom is -0.362 e. The van der Waals surface area contributed by atoms with E-state index in [2.05, 4.69) is 31.1 Å². The average Bonchev–Trinajstić information content (AvgIpc) is 2.46. The number of nitrogens with zero attached hydrogens (tertiary/aromatic N) is 2. The Kier molecular flexibility index (Phi) is 6.02. The summed E-state index contributed by atoms with van der Waals surface area (Å²) in [5.41, 5.74) is 0. The number of aliphatic imine (C=N–C) groups is 1. The maximum Gasteiger partial charge on any atom is 0.156 e. The minimum absolute atomic E-state index is 0.662. The Morgan fingerprint density at radius 2 is 2.21 bits per heavy atom. The van der Waals surface area contributed by atoms with Gasteiger partial charge in [0.15, 0.2) is 5.17 Å². The van der Waals surface area contributed by atoms with E-state index in [1.807, 2.05) is 11.8 Å². The number of rotatable bonds is 5. The van der Waals surface area contributed by atoms with E-state index in [4.69, 9.17) is 4.99 Å². The molecule has 1 heterocycles. The number of thioether (sulfide) groups is 1. The summed E-state index contributed by atoms with van der Waals surface area (Å²) >= 11 is 1.94. The zero-order chi connectivity index (χ0) is 13.7. The van der Waals surface area contributed by atoms with E-state index in [1.165, 1.54) is 43.0 Å². The van der Waals surface area contributed by atoms with Gasteiger partial charge < -0.3 is 10.2 Å². The number of nitrogens with one attached hydrogen (secondary N) is 1. The van der Waals surface area contributed by atoms with Crippen LogP contribution in [0.5, 0.6) is 0 Å². The molecular formula is C15H29N3S. The molecule has 1 saturated carbocycles. The van der Waals surface area contributed by atoms with Gasteiger partial charge in [-0.25, -0.2) is 0 Å². The van der Waals surface area contributed by atoms with Gasteiger partial charge in [0.2, 0.25) is 0 Å². The van der Waals surface area contributed by atoms with Crippen molar-refractivity contribution in [1.29, 1.82) is 0 Å². The molecule has 4 heteroatoms. The monoisotopic (exact) mass is 283 g/mol. The SMILES string of the molecule is CCC(C)N(C)CCN=C1NC2CCCCC2CS1. The highest BCUT2D eigenvalue weighted by Gasteiger charge is 2.30. The summed E-state index contributed by atoms with van der Waals surface area (Å²) < 4.78 is 0. The fraction of sp³-hybridized carbons (Fsp3) is 0.933. The molecule has 1 N–H and O–H groups in total. The van der Waals surface area contributed by atoms with Crippen LogP contribution in [-0.4, -0.2) is 48.0 Å². The second kappa shape index (κ2) is 7.53. The van der Waals surface area contributed by atoms with Crippen molar-refractivity contribution in [2.24, 2.45) is 10.9 Å². The summed E-state index contributed by atoms with van der Waals surface area (Å²) in [4.78, 5) is 7.16. The Bertz CT molecular complexity index is 306. The Balaban J connectivity index is 1.74. The van der Waals surface area contributed by atoms with Crippen molar-refractivity contribution in [2.75, 3.05) is 25.9 Å². The summed E-state index contributed by atoms with van der Waals surface area (Å²) in [5.74, 6) is 2.16. The highest BCUT2D eigenvalue weighted by Crippen LogP contribution is 2.31. The number of hydrogen-bond donors (Lipinski definition) is 1. The predicted octanol–water partition coefficient (Wildman–Crippen LogP) is 2.97. The van der Waals surface area contributed by atoms with Gasteiger partial charge in [0.05, 0.1) is 6.54 Å². The van der Waals surface area contributed by atoms with Gasteiger partial charge in [-0.3, -0.25) is 4.99 Å². The van der Waals surface area contributed by atoms with Crippen molar-refractivity contribution in [3.63, 3.8) is 0 Å². The second-order valence-electron chi connectivity index (χ2n) is 6.03. The molecule has 0 bridgehead atoms. The van der Waals surface area contributed by atoms with E-state index < -0.39 is 0 Å². The van der Waals surface area contributed by atoms with Crippen LogP contribution in [0.2, 0.25) is 0 Å². The van der Waals surface area contributed by atoms with E-state index in [0.717, 1.165) is 19.0 Å². The highest BCUT2D eigenvalue weighted by atomic mass is 32.2. The van der Waals surface area contributed by atoms with Crippen molar-refractivity contribution < 1.29 is 0 Å². The molecule has 0 radical (unpaired) electrons. The number of amidine groups is 1. The molecule has 1 saturated heterocycles. The van der Waals surface area contributed by atoms with Crippen LogP contribution in [0.4, 0.5) is 0 Å². The smallest absolute Gasteiger partial charge is 0.156 e. The van der Waals surface area contributed by atoms with Crippen LogP contribution in [0.15, 0.2) is 4.99 Å². The Morgan fingerprint density at radius 1 is 1.42 bits per heavy atom. The van der Waals surface area contributed by atoms with Crippen LogP contribution in [0.25, 0.3) is 0 Å². The molecule has 3 nitrogen and oxygen atoms in total. The summed E-state index contributed by atoms with van der Waals surface area (Å²) in [5, 5.41) is 4.86. The van der Waals surface area contributed by atoms with Crippen LogP contribution in [0, 0.1) is 5.92 Å². The van der Waals surface area contributed by atoms with Gasteiger partial charge in [0.1, 0.15) is 0 Å². The van der Waals surface area contributed by atoms with Crippen LogP contribution in [0.1, 0.15) is 46.0 Å². The molecule has 1 aliphatic carbocycles. The largest absolute Gasteiger partial charge is 0.362 e. The van der Waals surface area contributed by atoms with E-state index >= 15 is 0 Å². The molecule has 0 spiro atoms. The van der Waals surface area contributed by atoms with E-state index in [-0.39, 0.29) is 0 Å². The van der Waals surface area contributed by atoms with Gasteiger partial charge in [-0.05, 0) is 39.2 Å². The van der Waals surface area contributed by atoms with E-state index in [1.54, 1.807) is 0 Å². The van der Waals surface area contributed by atoms with Gasteiger partial charge in [0.25, 0.3) is 0 Å². The molecule has 2 fully saturated rings. The second-order valence-corrected chi connectivity index (χ2v) is 7.04. The standard InChI is InChI=1S/C15H29N3S/c1-4-12(2)18(3)10-9-16-15-17-14-8-6-5-7-13(14)11-19-15/h12-14H,4-11H2,1-3H3,(H,16,17). The quantitative estimate of drug-likeness (QED) is 0.840. The fourth-order valence-corrected chi connectivity index (χ4v) is 4.10. The normalized spacial score (nSPS) is 31.1. The first-order valence-electron chi connectivity index (χ1n) is 7.84. The highest BCUT2D eigenvalue weighted by molar-refractivity contribution is 8.13.